The summed E-state index contributed by atoms with van der Waals surface area (Å²) in [5.74, 6) is 5.25. The fraction of sp³-hybridized carbons (Fsp3) is 0.821. The van der Waals surface area contributed by atoms with E-state index in [1.807, 2.05) is 0 Å². The van der Waals surface area contributed by atoms with Crippen molar-refractivity contribution in [2.24, 2.45) is 28.1 Å². The molecular weight excluding hydrogens is 458 g/mol. The van der Waals surface area contributed by atoms with Crippen LogP contribution >= 0.6 is 0 Å². The van der Waals surface area contributed by atoms with E-state index in [0.717, 1.165) is 6.67 Å². The van der Waals surface area contributed by atoms with Gasteiger partial charge in [0.15, 0.2) is 0 Å². The number of rotatable bonds is 5. The highest BCUT2D eigenvalue weighted by molar-refractivity contribution is 6.08. The third-order valence-electron chi connectivity index (χ3n) is 9.61. The molecule has 6 atom stereocenters. The topological polar surface area (TPSA) is 97.0 Å². The van der Waals surface area contributed by atoms with Crippen molar-refractivity contribution in [3.05, 3.63) is 0 Å². The first kappa shape index (κ1) is 28.5. The average Bonchev–Trinajstić information content (AvgIpc) is 3.12. The molecule has 0 aromatic heterocycles. The minimum absolute atomic E-state index is 0.130. The van der Waals surface area contributed by atoms with Gasteiger partial charge in [0, 0.05) is 25.7 Å². The van der Waals surface area contributed by atoms with E-state index >= 15 is 0 Å². The minimum Gasteiger partial charge on any atom is -0.467 e. The molecule has 2 N–H and O–H groups in total. The molecule has 2 saturated carbocycles. The number of carbonyl (C=O) groups is 3. The van der Waals surface area contributed by atoms with Gasteiger partial charge in [0.1, 0.15) is 0 Å². The molecule has 8 heteroatoms. The Morgan fingerprint density at radius 1 is 1.14 bits per heavy atom. The van der Waals surface area contributed by atoms with Gasteiger partial charge in [-0.2, -0.15) is 0 Å². The van der Waals surface area contributed by atoms with Gasteiger partial charge in [0.05, 0.1) is 26.7 Å². The molecule has 3 fully saturated rings. The van der Waals surface area contributed by atoms with Crippen molar-refractivity contribution in [3.63, 3.8) is 0 Å². The second kappa shape index (κ2) is 9.64. The lowest BCUT2D eigenvalue weighted by atomic mass is 9.64. The third kappa shape index (κ3) is 4.32. The summed E-state index contributed by atoms with van der Waals surface area (Å²) in [6.07, 6.45) is 2.22. The normalized spacial score (nSPS) is 32.1. The Balaban J connectivity index is 2.01. The maximum atomic E-state index is 12.7. The van der Waals surface area contributed by atoms with Gasteiger partial charge in [-0.25, -0.2) is 9.59 Å². The molecule has 0 aromatic carbocycles. The van der Waals surface area contributed by atoms with Crippen LogP contribution in [0.5, 0.6) is 0 Å². The average molecular weight is 504 g/mol. The van der Waals surface area contributed by atoms with E-state index in [-0.39, 0.29) is 28.7 Å². The molecule has 0 radical (unpaired) electrons. The maximum absolute atomic E-state index is 12.7. The second-order valence-corrected chi connectivity index (χ2v) is 12.8. The maximum Gasteiger partial charge on any atom is 0.344 e. The first-order valence-electron chi connectivity index (χ1n) is 13.0. The van der Waals surface area contributed by atoms with E-state index in [9.17, 15) is 14.4 Å². The van der Waals surface area contributed by atoms with Gasteiger partial charge in [-0.05, 0) is 47.8 Å². The first-order valence-corrected chi connectivity index (χ1v) is 13.0. The molecule has 0 aromatic rings. The number of hydrogen-bond donors (Lipinski definition) is 2. The third-order valence-corrected chi connectivity index (χ3v) is 9.61. The van der Waals surface area contributed by atoms with Crippen molar-refractivity contribution in [1.29, 1.82) is 0 Å². The second-order valence-electron chi connectivity index (χ2n) is 12.8. The molecule has 1 heterocycles. The molecule has 8 nitrogen and oxygen atoms in total. The summed E-state index contributed by atoms with van der Waals surface area (Å²) in [4.78, 5) is 39.8. The lowest BCUT2D eigenvalue weighted by molar-refractivity contribution is -0.164. The molecule has 36 heavy (non-hydrogen) atoms. The highest BCUT2D eigenvalue weighted by Gasteiger charge is 2.69. The van der Waals surface area contributed by atoms with Gasteiger partial charge in [0.2, 0.25) is 11.4 Å². The molecule has 3 rings (SSSR count). The summed E-state index contributed by atoms with van der Waals surface area (Å²) in [6, 6.07) is 0.685. The van der Waals surface area contributed by atoms with Gasteiger partial charge in [0.25, 0.3) is 0 Å². The van der Waals surface area contributed by atoms with Crippen LogP contribution in [0.4, 0.5) is 0 Å². The summed E-state index contributed by atoms with van der Waals surface area (Å²) in [5.41, 5.74) is -1.73. The highest BCUT2D eigenvalue weighted by atomic mass is 16.5. The van der Waals surface area contributed by atoms with Crippen LogP contribution in [-0.4, -0.2) is 67.3 Å². The predicted molar refractivity (Wildman–Crippen MR) is 137 cm³/mol. The molecule has 2 bridgehead atoms. The van der Waals surface area contributed by atoms with E-state index in [4.69, 9.17) is 9.47 Å². The Morgan fingerprint density at radius 2 is 1.72 bits per heavy atom. The summed E-state index contributed by atoms with van der Waals surface area (Å²) in [5, 5.41) is 6.20. The monoisotopic (exact) mass is 503 g/mol. The Bertz CT molecular complexity index is 942. The van der Waals surface area contributed by atoms with Crippen LogP contribution in [0, 0.1) is 39.9 Å². The van der Waals surface area contributed by atoms with E-state index in [1.165, 1.54) is 34.0 Å². The van der Waals surface area contributed by atoms with Gasteiger partial charge in [-0.1, -0.05) is 53.4 Å². The smallest absolute Gasteiger partial charge is 0.344 e. The number of carbonyl (C=O) groups excluding carboxylic acids is 3. The number of nitrogens with zero attached hydrogens (tertiary/aromatic N) is 1. The summed E-state index contributed by atoms with van der Waals surface area (Å²) >= 11 is 0. The number of esters is 2. The predicted octanol–water partition coefficient (Wildman–Crippen LogP) is 2.71. The standard InChI is InChI=1S/C28H45N3O5/c1-17-21-22(19-13-15-27(21,8)26(19,6)7)31(16-29-17)20(25(3,4)5)12-11-14-28(23(33)35-9,24(34)36-10)30-18(2)32/h17,19-22,29H,13-16H2,1-10H3,(H,30,32)/t17?,19-,20-,21-,22-,27+/m1/s1. The molecular formula is C28H45N3O5. The van der Waals surface area contributed by atoms with Gasteiger partial charge < -0.3 is 20.1 Å². The number of hydrogen-bond acceptors (Lipinski definition) is 7. The van der Waals surface area contributed by atoms with Crippen LogP contribution in [0.15, 0.2) is 0 Å². The van der Waals surface area contributed by atoms with Gasteiger partial charge in [-0.3, -0.25) is 9.69 Å². The number of ether oxygens (including phenoxy) is 2. The fourth-order valence-electron chi connectivity index (χ4n) is 7.51. The number of methoxy groups -OCH3 is 2. The summed E-state index contributed by atoms with van der Waals surface area (Å²) in [7, 11) is 2.34. The van der Waals surface area contributed by atoms with E-state index < -0.39 is 23.4 Å². The van der Waals surface area contributed by atoms with E-state index in [2.05, 4.69) is 75.8 Å². The van der Waals surface area contributed by atoms with Crippen molar-refractivity contribution in [1.82, 2.24) is 15.5 Å². The molecule has 3 aliphatic rings. The van der Waals surface area contributed by atoms with Gasteiger partial charge in [-0.15, -0.1) is 0 Å². The molecule has 1 aliphatic heterocycles. The number of amides is 1. The zero-order valence-corrected chi connectivity index (χ0v) is 23.7. The molecule has 0 spiro atoms. The van der Waals surface area contributed by atoms with Crippen LogP contribution in [-0.2, 0) is 23.9 Å². The minimum atomic E-state index is -2.01. The highest BCUT2D eigenvalue weighted by Crippen LogP contribution is 2.70. The lowest BCUT2D eigenvalue weighted by Crippen LogP contribution is -2.65. The molecule has 1 unspecified atom stereocenters. The molecule has 202 valence electrons. The first-order chi connectivity index (χ1) is 16.6. The summed E-state index contributed by atoms with van der Waals surface area (Å²) < 4.78 is 9.75. The van der Waals surface area contributed by atoms with Crippen LogP contribution in [0.2, 0.25) is 0 Å². The van der Waals surface area contributed by atoms with Crippen molar-refractivity contribution < 1.29 is 23.9 Å². The Morgan fingerprint density at radius 3 is 2.22 bits per heavy atom. The van der Waals surface area contributed by atoms with Crippen LogP contribution in [0.25, 0.3) is 0 Å². The Hall–Kier alpha value is -2.11. The Kier molecular flexibility index (Phi) is 7.62. The van der Waals surface area contributed by atoms with Gasteiger partial charge >= 0.3 is 11.9 Å². The number of fused-ring (bicyclic) bond motifs is 5. The quantitative estimate of drug-likeness (QED) is 0.338. The zero-order chi connectivity index (χ0) is 27.3. The zero-order valence-electron chi connectivity index (χ0n) is 23.7. The van der Waals surface area contributed by atoms with E-state index in [1.54, 1.807) is 0 Å². The fourth-order valence-corrected chi connectivity index (χ4v) is 7.51. The van der Waals surface area contributed by atoms with Crippen LogP contribution in [0.1, 0.15) is 74.7 Å². The van der Waals surface area contributed by atoms with Crippen LogP contribution in [0.3, 0.4) is 0 Å². The lowest BCUT2D eigenvalue weighted by Gasteiger charge is -2.53. The van der Waals surface area contributed by atoms with Crippen LogP contribution < -0.4 is 10.6 Å². The SMILES string of the molecule is COC(=O)C(CC#C[C@@H](N1CNC(C)[C@@H]2[C@H]1[C@H]1CC[C@]2(C)C1(C)C)C(C)(C)C)(NC(C)=O)C(=O)OC. The van der Waals surface area contributed by atoms with Crippen molar-refractivity contribution >= 4 is 17.8 Å². The van der Waals surface area contributed by atoms with E-state index in [0.29, 0.717) is 23.9 Å². The number of nitrogens with one attached hydrogen (secondary N) is 2. The molecule has 1 amide bonds. The summed E-state index contributed by atoms with van der Waals surface area (Å²) in [6.45, 7) is 18.1. The van der Waals surface area contributed by atoms with Crippen molar-refractivity contribution in [3.8, 4) is 11.8 Å². The van der Waals surface area contributed by atoms with Crippen molar-refractivity contribution in [2.75, 3.05) is 20.9 Å². The van der Waals surface area contributed by atoms with Crippen molar-refractivity contribution in [2.45, 2.75) is 98.3 Å². The largest absolute Gasteiger partial charge is 0.467 e. The molecule has 2 aliphatic carbocycles. The molecule has 1 saturated heterocycles. The Labute approximate surface area is 216 Å².